The lowest BCUT2D eigenvalue weighted by atomic mass is 9.58. The van der Waals surface area contributed by atoms with Crippen molar-refractivity contribution in [2.24, 2.45) is 11.3 Å². The molecule has 0 amide bonds. The molecule has 0 aliphatic heterocycles. The van der Waals surface area contributed by atoms with E-state index in [-0.39, 0.29) is 0 Å². The fraction of sp³-hybridized carbons (Fsp3) is 0.733. The van der Waals surface area contributed by atoms with Crippen LogP contribution in [-0.2, 0) is 0 Å². The Labute approximate surface area is 94.5 Å². The van der Waals surface area contributed by atoms with Gasteiger partial charge in [0.2, 0.25) is 0 Å². The molecule has 15 heavy (non-hydrogen) atoms. The molecule has 0 radical (unpaired) electrons. The van der Waals surface area contributed by atoms with E-state index >= 15 is 0 Å². The number of fused-ring (bicyclic) bond motifs is 1. The number of hydrogen-bond donors (Lipinski definition) is 0. The van der Waals surface area contributed by atoms with Gasteiger partial charge >= 0.3 is 0 Å². The fourth-order valence-corrected chi connectivity index (χ4v) is 3.49. The number of rotatable bonds is 0. The predicted octanol–water partition coefficient (Wildman–Crippen LogP) is 4.87. The van der Waals surface area contributed by atoms with Crippen LogP contribution in [0, 0.1) is 11.3 Å². The minimum Gasteiger partial charge on any atom is -0.0995 e. The Morgan fingerprint density at radius 3 is 2.67 bits per heavy atom. The third-order valence-corrected chi connectivity index (χ3v) is 4.74. The summed E-state index contributed by atoms with van der Waals surface area (Å²) in [6, 6.07) is 0. The van der Waals surface area contributed by atoms with Crippen molar-refractivity contribution in [1.29, 1.82) is 0 Å². The van der Waals surface area contributed by atoms with E-state index in [9.17, 15) is 0 Å². The first kappa shape index (κ1) is 11.0. The van der Waals surface area contributed by atoms with Crippen molar-refractivity contribution in [1.82, 2.24) is 0 Å². The van der Waals surface area contributed by atoms with Gasteiger partial charge in [0, 0.05) is 0 Å². The van der Waals surface area contributed by atoms with Crippen molar-refractivity contribution in [3.05, 3.63) is 23.3 Å². The highest BCUT2D eigenvalue weighted by Crippen LogP contribution is 2.53. The van der Waals surface area contributed by atoms with Crippen LogP contribution in [0.1, 0.15) is 59.3 Å². The normalized spacial score (nSPS) is 36.3. The minimum atomic E-state index is 0.578. The third-order valence-electron chi connectivity index (χ3n) is 4.74. The maximum Gasteiger partial charge on any atom is -0.0114 e. The molecule has 0 saturated heterocycles. The molecule has 0 unspecified atom stereocenters. The van der Waals surface area contributed by atoms with Crippen LogP contribution in [-0.4, -0.2) is 0 Å². The van der Waals surface area contributed by atoms with Crippen LogP contribution in [0.4, 0.5) is 0 Å². The molecule has 0 heterocycles. The molecule has 84 valence electrons. The molecule has 2 aliphatic carbocycles. The Balaban J connectivity index is 2.23. The lowest BCUT2D eigenvalue weighted by Crippen LogP contribution is -2.35. The highest BCUT2D eigenvalue weighted by Gasteiger charge is 2.41. The largest absolute Gasteiger partial charge is 0.0995 e. The van der Waals surface area contributed by atoms with Crippen molar-refractivity contribution in [3.63, 3.8) is 0 Å². The van der Waals surface area contributed by atoms with Gasteiger partial charge in [0.25, 0.3) is 0 Å². The monoisotopic (exact) mass is 204 g/mol. The Morgan fingerprint density at radius 2 is 2.00 bits per heavy atom. The summed E-state index contributed by atoms with van der Waals surface area (Å²) in [5.74, 6) is 0.782. The summed E-state index contributed by atoms with van der Waals surface area (Å²) in [6.45, 7) is 11.3. The van der Waals surface area contributed by atoms with Crippen LogP contribution in [0.5, 0.6) is 0 Å². The predicted molar refractivity (Wildman–Crippen MR) is 66.8 cm³/mol. The number of hydrogen-bond acceptors (Lipinski definition) is 0. The van der Waals surface area contributed by atoms with Gasteiger partial charge in [-0.25, -0.2) is 0 Å². The Bertz CT molecular complexity index is 304. The van der Waals surface area contributed by atoms with Gasteiger partial charge in [-0.1, -0.05) is 30.2 Å². The SMILES string of the molecule is C=C1CCC[C@@]2(C)CCC(=C(C)C)C[C@@H]12. The summed E-state index contributed by atoms with van der Waals surface area (Å²) >= 11 is 0. The summed E-state index contributed by atoms with van der Waals surface area (Å²) in [6.07, 6.45) is 8.09. The zero-order valence-electron chi connectivity index (χ0n) is 10.5. The molecule has 2 atom stereocenters. The van der Waals surface area contributed by atoms with Gasteiger partial charge in [0.1, 0.15) is 0 Å². The molecule has 0 aromatic rings. The van der Waals surface area contributed by atoms with E-state index in [1.165, 1.54) is 44.1 Å². The highest BCUT2D eigenvalue weighted by atomic mass is 14.5. The zero-order chi connectivity index (χ0) is 11.1. The molecule has 0 spiro atoms. The lowest BCUT2D eigenvalue weighted by Gasteiger charge is -2.47. The summed E-state index contributed by atoms with van der Waals surface area (Å²) < 4.78 is 0. The lowest BCUT2D eigenvalue weighted by molar-refractivity contribution is 0.127. The minimum absolute atomic E-state index is 0.578. The fourth-order valence-electron chi connectivity index (χ4n) is 3.49. The highest BCUT2D eigenvalue weighted by molar-refractivity contribution is 5.22. The van der Waals surface area contributed by atoms with Gasteiger partial charge < -0.3 is 0 Å². The van der Waals surface area contributed by atoms with E-state index in [2.05, 4.69) is 27.4 Å². The van der Waals surface area contributed by atoms with Crippen molar-refractivity contribution >= 4 is 0 Å². The first-order chi connectivity index (χ1) is 7.03. The molecule has 2 aliphatic rings. The van der Waals surface area contributed by atoms with E-state index in [1.807, 2.05) is 0 Å². The van der Waals surface area contributed by atoms with Crippen LogP contribution in [0.3, 0.4) is 0 Å². The first-order valence-corrected chi connectivity index (χ1v) is 6.36. The topological polar surface area (TPSA) is 0 Å². The molecule has 2 rings (SSSR count). The summed E-state index contributed by atoms with van der Waals surface area (Å²) in [4.78, 5) is 0. The van der Waals surface area contributed by atoms with Gasteiger partial charge in [-0.15, -0.1) is 0 Å². The van der Waals surface area contributed by atoms with Crippen LogP contribution >= 0.6 is 0 Å². The molecule has 0 bridgehead atoms. The summed E-state index contributed by atoms with van der Waals surface area (Å²) in [7, 11) is 0. The van der Waals surface area contributed by atoms with Crippen molar-refractivity contribution in [2.45, 2.75) is 59.3 Å². The molecule has 0 N–H and O–H groups in total. The maximum atomic E-state index is 4.31. The molecule has 2 saturated carbocycles. The van der Waals surface area contributed by atoms with E-state index in [0.717, 1.165) is 5.92 Å². The van der Waals surface area contributed by atoms with Crippen LogP contribution < -0.4 is 0 Å². The Morgan fingerprint density at radius 1 is 1.27 bits per heavy atom. The molecular weight excluding hydrogens is 180 g/mol. The van der Waals surface area contributed by atoms with Crippen LogP contribution in [0.15, 0.2) is 23.3 Å². The average Bonchev–Trinajstić information content (AvgIpc) is 2.17. The first-order valence-electron chi connectivity index (χ1n) is 6.36. The van der Waals surface area contributed by atoms with Crippen LogP contribution in [0.2, 0.25) is 0 Å². The summed E-state index contributed by atoms with van der Waals surface area (Å²) in [5.41, 5.74) is 5.37. The molecule has 0 heteroatoms. The third kappa shape index (κ3) is 1.91. The standard InChI is InChI=1S/C15H24/c1-11(2)13-7-9-15(4)8-5-6-12(3)14(15)10-13/h14H,3,5-10H2,1-2,4H3/t14-,15-/m0/s1. The zero-order valence-corrected chi connectivity index (χ0v) is 10.5. The van der Waals surface area contributed by atoms with Gasteiger partial charge in [0.05, 0.1) is 0 Å². The van der Waals surface area contributed by atoms with Gasteiger partial charge in [-0.3, -0.25) is 0 Å². The van der Waals surface area contributed by atoms with E-state index < -0.39 is 0 Å². The van der Waals surface area contributed by atoms with Crippen LogP contribution in [0.25, 0.3) is 0 Å². The van der Waals surface area contributed by atoms with E-state index in [4.69, 9.17) is 0 Å². The molecular formula is C15H24. The Kier molecular flexibility index (Phi) is 2.79. The second kappa shape index (κ2) is 3.81. The van der Waals surface area contributed by atoms with E-state index in [0.29, 0.717) is 5.41 Å². The molecule has 2 fully saturated rings. The molecule has 0 aromatic heterocycles. The van der Waals surface area contributed by atoms with Crippen molar-refractivity contribution < 1.29 is 0 Å². The average molecular weight is 204 g/mol. The van der Waals surface area contributed by atoms with E-state index in [1.54, 1.807) is 11.1 Å². The quantitative estimate of drug-likeness (QED) is 0.494. The van der Waals surface area contributed by atoms with Gasteiger partial charge in [0.15, 0.2) is 0 Å². The Hall–Kier alpha value is -0.520. The van der Waals surface area contributed by atoms with Gasteiger partial charge in [-0.2, -0.15) is 0 Å². The molecule has 0 nitrogen and oxygen atoms in total. The van der Waals surface area contributed by atoms with Crippen molar-refractivity contribution in [2.75, 3.05) is 0 Å². The molecule has 0 aromatic carbocycles. The second-order valence-electron chi connectivity index (χ2n) is 6.03. The summed E-state index contributed by atoms with van der Waals surface area (Å²) in [5, 5.41) is 0. The van der Waals surface area contributed by atoms with Crippen molar-refractivity contribution in [3.8, 4) is 0 Å². The van der Waals surface area contributed by atoms with Gasteiger partial charge in [-0.05, 0) is 63.7 Å². The number of allylic oxidation sites excluding steroid dienone is 3. The second-order valence-corrected chi connectivity index (χ2v) is 6.03. The maximum absolute atomic E-state index is 4.31. The smallest absolute Gasteiger partial charge is 0.0114 e.